The first kappa shape index (κ1) is 15.4. The molecule has 2 N–H and O–H groups in total. The minimum absolute atomic E-state index is 0.368. The molecule has 5 heteroatoms. The molecule has 0 spiro atoms. The van der Waals surface area contributed by atoms with Crippen LogP contribution in [0.15, 0.2) is 54.0 Å². The van der Waals surface area contributed by atoms with Gasteiger partial charge in [0.1, 0.15) is 5.01 Å². The molecule has 3 aromatic rings. The zero-order valence-corrected chi connectivity index (χ0v) is 13.7. The fourth-order valence-electron chi connectivity index (χ4n) is 2.22. The molecule has 114 valence electrons. The molecule has 0 aliphatic heterocycles. The number of thiazole rings is 1. The van der Waals surface area contributed by atoms with Crippen molar-refractivity contribution in [2.45, 2.75) is 19.1 Å². The molecule has 2 aromatic heterocycles. The van der Waals surface area contributed by atoms with Crippen molar-refractivity contribution in [3.8, 4) is 9.88 Å². The highest BCUT2D eigenvalue weighted by Crippen LogP contribution is 2.28. The van der Waals surface area contributed by atoms with Crippen LogP contribution < -0.4 is 5.32 Å². The molecule has 2 heterocycles. The normalized spacial score (nSPS) is 12.4. The molecule has 22 heavy (non-hydrogen) atoms. The Kier molecular flexibility index (Phi) is 5.34. The van der Waals surface area contributed by atoms with Gasteiger partial charge < -0.3 is 10.4 Å². The van der Waals surface area contributed by atoms with Gasteiger partial charge in [-0.3, -0.25) is 0 Å². The lowest BCUT2D eigenvalue weighted by Crippen LogP contribution is -2.27. The summed E-state index contributed by atoms with van der Waals surface area (Å²) in [5, 5.41) is 16.5. The van der Waals surface area contributed by atoms with E-state index in [1.54, 1.807) is 22.7 Å². The van der Waals surface area contributed by atoms with E-state index in [1.165, 1.54) is 9.75 Å². The number of benzene rings is 1. The Balaban J connectivity index is 1.45. The second kappa shape index (κ2) is 7.65. The van der Waals surface area contributed by atoms with E-state index in [1.807, 2.05) is 42.6 Å². The lowest BCUT2D eigenvalue weighted by atomic mass is 10.1. The Morgan fingerprint density at radius 1 is 1.14 bits per heavy atom. The summed E-state index contributed by atoms with van der Waals surface area (Å²) < 4.78 is 0. The number of hydrogen-bond acceptors (Lipinski definition) is 5. The molecule has 1 atom stereocenters. The van der Waals surface area contributed by atoms with Crippen LogP contribution in [-0.2, 0) is 13.0 Å². The Hall–Kier alpha value is -1.53. The number of aliphatic hydroxyl groups is 1. The highest BCUT2D eigenvalue weighted by Gasteiger charge is 2.07. The second-order valence-corrected chi connectivity index (χ2v) is 7.15. The smallest absolute Gasteiger partial charge is 0.133 e. The molecule has 0 aliphatic rings. The molecule has 0 fully saturated rings. The van der Waals surface area contributed by atoms with Crippen molar-refractivity contribution in [1.29, 1.82) is 0 Å². The average Bonchev–Trinajstić information content (AvgIpc) is 3.19. The molecule has 0 saturated carbocycles. The number of rotatable bonds is 7. The monoisotopic (exact) mass is 330 g/mol. The third-order valence-electron chi connectivity index (χ3n) is 3.28. The van der Waals surface area contributed by atoms with E-state index in [-0.39, 0.29) is 6.10 Å². The van der Waals surface area contributed by atoms with E-state index in [0.717, 1.165) is 17.1 Å². The van der Waals surface area contributed by atoms with E-state index in [9.17, 15) is 5.11 Å². The zero-order chi connectivity index (χ0) is 15.2. The third-order valence-corrected chi connectivity index (χ3v) is 5.32. The van der Waals surface area contributed by atoms with Crippen molar-refractivity contribution in [1.82, 2.24) is 10.3 Å². The van der Waals surface area contributed by atoms with Gasteiger partial charge in [-0.2, -0.15) is 0 Å². The van der Waals surface area contributed by atoms with E-state index in [4.69, 9.17) is 0 Å². The first-order valence-corrected chi connectivity index (χ1v) is 8.92. The van der Waals surface area contributed by atoms with Gasteiger partial charge in [-0.1, -0.05) is 36.4 Å². The maximum Gasteiger partial charge on any atom is 0.133 e. The van der Waals surface area contributed by atoms with Crippen LogP contribution in [0.1, 0.15) is 10.4 Å². The molecule has 1 aromatic carbocycles. The zero-order valence-electron chi connectivity index (χ0n) is 12.1. The van der Waals surface area contributed by atoms with E-state index >= 15 is 0 Å². The van der Waals surface area contributed by atoms with Gasteiger partial charge in [0.2, 0.25) is 0 Å². The van der Waals surface area contributed by atoms with Crippen LogP contribution in [0.5, 0.6) is 0 Å². The molecule has 0 amide bonds. The Morgan fingerprint density at radius 3 is 2.77 bits per heavy atom. The quantitative estimate of drug-likeness (QED) is 0.696. The number of thiophene rings is 1. The number of nitrogens with one attached hydrogen (secondary N) is 1. The standard InChI is InChI=1S/C17H18N2OS2/c20-14(9-13-5-2-1-3-6-13)10-18-11-15-12-19-17(22-15)16-7-4-8-21-16/h1-8,12,14,18,20H,9-11H2. The van der Waals surface area contributed by atoms with Crippen molar-refractivity contribution in [2.75, 3.05) is 6.54 Å². The van der Waals surface area contributed by atoms with Crippen LogP contribution in [-0.4, -0.2) is 22.7 Å². The van der Waals surface area contributed by atoms with Gasteiger partial charge in [-0.05, 0) is 23.4 Å². The van der Waals surface area contributed by atoms with Gasteiger partial charge >= 0.3 is 0 Å². The predicted molar refractivity (Wildman–Crippen MR) is 93.3 cm³/mol. The van der Waals surface area contributed by atoms with Crippen molar-refractivity contribution >= 4 is 22.7 Å². The molecule has 3 nitrogen and oxygen atoms in total. The fraction of sp³-hybridized carbons (Fsp3) is 0.235. The average molecular weight is 330 g/mol. The van der Waals surface area contributed by atoms with Crippen LogP contribution in [0.2, 0.25) is 0 Å². The highest BCUT2D eigenvalue weighted by molar-refractivity contribution is 7.20. The summed E-state index contributed by atoms with van der Waals surface area (Å²) in [5.41, 5.74) is 1.16. The molecule has 0 aliphatic carbocycles. The lowest BCUT2D eigenvalue weighted by Gasteiger charge is -2.11. The Bertz CT molecular complexity index is 680. The Morgan fingerprint density at radius 2 is 2.00 bits per heavy atom. The second-order valence-electron chi connectivity index (χ2n) is 5.08. The number of nitrogens with zero attached hydrogens (tertiary/aromatic N) is 1. The summed E-state index contributed by atoms with van der Waals surface area (Å²) in [6.45, 7) is 1.33. The summed E-state index contributed by atoms with van der Waals surface area (Å²) in [5.74, 6) is 0. The minimum Gasteiger partial charge on any atom is -0.391 e. The molecule has 3 rings (SSSR count). The van der Waals surface area contributed by atoms with Gasteiger partial charge in [0.05, 0.1) is 11.0 Å². The summed E-state index contributed by atoms with van der Waals surface area (Å²) in [6, 6.07) is 14.2. The number of hydrogen-bond donors (Lipinski definition) is 2. The number of aliphatic hydroxyl groups excluding tert-OH is 1. The van der Waals surface area contributed by atoms with E-state index < -0.39 is 0 Å². The van der Waals surface area contributed by atoms with Gasteiger partial charge in [0, 0.05) is 24.2 Å². The first-order chi connectivity index (χ1) is 10.8. The van der Waals surface area contributed by atoms with E-state index in [2.05, 4.69) is 21.7 Å². The number of aromatic nitrogens is 1. The van der Waals surface area contributed by atoms with Crippen LogP contribution in [0, 0.1) is 0 Å². The van der Waals surface area contributed by atoms with Crippen LogP contribution in [0.3, 0.4) is 0 Å². The molecule has 0 bridgehead atoms. The summed E-state index contributed by atoms with van der Waals surface area (Å²) >= 11 is 3.41. The topological polar surface area (TPSA) is 45.1 Å². The van der Waals surface area contributed by atoms with Crippen LogP contribution >= 0.6 is 22.7 Å². The minimum atomic E-state index is -0.368. The largest absolute Gasteiger partial charge is 0.391 e. The van der Waals surface area contributed by atoms with Crippen molar-refractivity contribution in [2.24, 2.45) is 0 Å². The highest BCUT2D eigenvalue weighted by atomic mass is 32.1. The van der Waals surface area contributed by atoms with Crippen molar-refractivity contribution in [3.05, 3.63) is 64.5 Å². The van der Waals surface area contributed by atoms with Gasteiger partial charge in [-0.25, -0.2) is 4.98 Å². The van der Waals surface area contributed by atoms with E-state index in [0.29, 0.717) is 13.0 Å². The lowest BCUT2D eigenvalue weighted by molar-refractivity contribution is 0.171. The summed E-state index contributed by atoms with van der Waals surface area (Å²) in [4.78, 5) is 6.85. The van der Waals surface area contributed by atoms with Gasteiger partial charge in [-0.15, -0.1) is 22.7 Å². The fourth-order valence-corrected chi connectivity index (χ4v) is 3.91. The van der Waals surface area contributed by atoms with Gasteiger partial charge in [0.15, 0.2) is 0 Å². The summed E-state index contributed by atoms with van der Waals surface area (Å²) in [7, 11) is 0. The van der Waals surface area contributed by atoms with Gasteiger partial charge in [0.25, 0.3) is 0 Å². The SMILES string of the molecule is OC(CNCc1cnc(-c2cccs2)s1)Cc1ccccc1. The van der Waals surface area contributed by atoms with Crippen molar-refractivity contribution in [3.63, 3.8) is 0 Å². The summed E-state index contributed by atoms with van der Waals surface area (Å²) in [6.07, 6.45) is 2.22. The first-order valence-electron chi connectivity index (χ1n) is 7.22. The molecular formula is C17H18N2OS2. The molecule has 0 saturated heterocycles. The Labute approximate surface area is 138 Å². The molecular weight excluding hydrogens is 312 g/mol. The van der Waals surface area contributed by atoms with Crippen molar-refractivity contribution < 1.29 is 5.11 Å². The third kappa shape index (κ3) is 4.24. The predicted octanol–water partition coefficient (Wildman–Crippen LogP) is 3.56. The van der Waals surface area contributed by atoms with Crippen LogP contribution in [0.25, 0.3) is 9.88 Å². The molecule has 1 unspecified atom stereocenters. The molecule has 0 radical (unpaired) electrons. The van der Waals surface area contributed by atoms with Crippen LogP contribution in [0.4, 0.5) is 0 Å². The maximum absolute atomic E-state index is 10.1. The maximum atomic E-state index is 10.1.